The van der Waals surface area contributed by atoms with E-state index < -0.39 is 0 Å². The number of halogens is 2. The Bertz CT molecular complexity index is 524. The molecule has 84 valence electrons. The Kier molecular flexibility index (Phi) is 3.48. The molecular weight excluding hydrogens is 383 g/mol. The zero-order chi connectivity index (χ0) is 11.7. The second-order valence-corrected chi connectivity index (χ2v) is 5.45. The van der Waals surface area contributed by atoms with Crippen LogP contribution in [0.4, 0.5) is 5.82 Å². The van der Waals surface area contributed by atoms with Gasteiger partial charge in [-0.05, 0) is 57.1 Å². The molecule has 0 saturated heterocycles. The van der Waals surface area contributed by atoms with Crippen LogP contribution >= 0.6 is 38.5 Å². The van der Waals surface area contributed by atoms with Gasteiger partial charge >= 0.3 is 0 Å². The number of hydrogen-bond donors (Lipinski definition) is 1. The number of anilines is 1. The Balaban J connectivity index is 2.30. The van der Waals surface area contributed by atoms with Crippen LogP contribution in [0.5, 0.6) is 0 Å². The molecule has 0 saturated carbocycles. The first kappa shape index (κ1) is 11.8. The van der Waals surface area contributed by atoms with Gasteiger partial charge in [0, 0.05) is 16.9 Å². The van der Waals surface area contributed by atoms with Gasteiger partial charge in [0.25, 0.3) is 0 Å². The van der Waals surface area contributed by atoms with Crippen molar-refractivity contribution in [1.29, 1.82) is 0 Å². The predicted molar refractivity (Wildman–Crippen MR) is 75.1 cm³/mol. The first-order valence-corrected chi connectivity index (χ1v) is 6.53. The Morgan fingerprint density at radius 3 is 2.81 bits per heavy atom. The fourth-order valence-corrected chi connectivity index (χ4v) is 2.21. The van der Waals surface area contributed by atoms with E-state index in [4.69, 9.17) is 5.73 Å². The molecule has 0 aliphatic carbocycles. The van der Waals surface area contributed by atoms with Gasteiger partial charge in [0.05, 0.1) is 15.8 Å². The van der Waals surface area contributed by atoms with E-state index in [-0.39, 0.29) is 0 Å². The molecule has 2 rings (SSSR count). The van der Waals surface area contributed by atoms with Gasteiger partial charge in [-0.1, -0.05) is 0 Å². The summed E-state index contributed by atoms with van der Waals surface area (Å²) in [6.45, 7) is 2.59. The van der Waals surface area contributed by atoms with Crippen LogP contribution in [0.1, 0.15) is 11.3 Å². The molecule has 2 aromatic rings. The SMILES string of the molecule is Cc1nn(Cc2cncc(Br)c2)c(N)c1I. The molecule has 4 nitrogen and oxygen atoms in total. The van der Waals surface area contributed by atoms with Gasteiger partial charge < -0.3 is 5.73 Å². The molecule has 0 aromatic carbocycles. The standard InChI is InChI=1S/C10H10BrIN4/c1-6-9(12)10(13)16(15-6)5-7-2-8(11)4-14-3-7/h2-4H,5,13H2,1H3. The molecule has 0 radical (unpaired) electrons. The van der Waals surface area contributed by atoms with Crippen LogP contribution in [0, 0.1) is 10.5 Å². The predicted octanol–water partition coefficient (Wildman–Crippen LogP) is 2.58. The molecule has 0 fully saturated rings. The van der Waals surface area contributed by atoms with Gasteiger partial charge in [-0.3, -0.25) is 4.98 Å². The molecule has 2 N–H and O–H groups in total. The lowest BCUT2D eigenvalue weighted by Gasteiger charge is -2.04. The Morgan fingerprint density at radius 2 is 2.25 bits per heavy atom. The van der Waals surface area contributed by atoms with E-state index in [9.17, 15) is 0 Å². The highest BCUT2D eigenvalue weighted by Crippen LogP contribution is 2.19. The minimum atomic E-state index is 0.641. The summed E-state index contributed by atoms with van der Waals surface area (Å²) in [5.74, 6) is 0.707. The maximum Gasteiger partial charge on any atom is 0.135 e. The minimum Gasteiger partial charge on any atom is -0.383 e. The second kappa shape index (κ2) is 4.70. The van der Waals surface area contributed by atoms with E-state index in [1.54, 1.807) is 10.9 Å². The number of nitrogen functional groups attached to an aromatic ring is 1. The van der Waals surface area contributed by atoms with Crippen molar-refractivity contribution in [2.45, 2.75) is 13.5 Å². The van der Waals surface area contributed by atoms with E-state index in [0.29, 0.717) is 12.4 Å². The average Bonchev–Trinajstić information content (AvgIpc) is 2.47. The summed E-state index contributed by atoms with van der Waals surface area (Å²) in [6, 6.07) is 2.01. The average molecular weight is 393 g/mol. The molecule has 0 atom stereocenters. The van der Waals surface area contributed by atoms with Crippen LogP contribution in [0.2, 0.25) is 0 Å². The zero-order valence-corrected chi connectivity index (χ0v) is 12.4. The van der Waals surface area contributed by atoms with Crippen molar-refractivity contribution in [3.63, 3.8) is 0 Å². The Hall–Kier alpha value is -0.630. The molecule has 6 heteroatoms. The van der Waals surface area contributed by atoms with Crippen LogP contribution in [0.3, 0.4) is 0 Å². The van der Waals surface area contributed by atoms with Crippen LogP contribution in [-0.2, 0) is 6.54 Å². The molecule has 0 aliphatic heterocycles. The number of aromatic nitrogens is 3. The van der Waals surface area contributed by atoms with E-state index >= 15 is 0 Å². The quantitative estimate of drug-likeness (QED) is 0.799. The zero-order valence-electron chi connectivity index (χ0n) is 8.61. The first-order chi connectivity index (χ1) is 7.58. The summed E-state index contributed by atoms with van der Waals surface area (Å²) in [7, 11) is 0. The molecule has 0 amide bonds. The Labute approximate surface area is 116 Å². The number of rotatable bonds is 2. The molecule has 0 aliphatic rings. The monoisotopic (exact) mass is 392 g/mol. The van der Waals surface area contributed by atoms with Crippen molar-refractivity contribution in [2.75, 3.05) is 5.73 Å². The lowest BCUT2D eigenvalue weighted by Crippen LogP contribution is -2.06. The van der Waals surface area contributed by atoms with Gasteiger partial charge in [0.15, 0.2) is 0 Å². The summed E-state index contributed by atoms with van der Waals surface area (Å²) in [4.78, 5) is 4.11. The highest BCUT2D eigenvalue weighted by Gasteiger charge is 2.09. The first-order valence-electron chi connectivity index (χ1n) is 4.65. The van der Waals surface area contributed by atoms with Crippen molar-refractivity contribution >= 4 is 44.3 Å². The van der Waals surface area contributed by atoms with Crippen molar-refractivity contribution in [3.05, 3.63) is 37.8 Å². The van der Waals surface area contributed by atoms with Crippen LogP contribution in [0.25, 0.3) is 0 Å². The van der Waals surface area contributed by atoms with E-state index in [1.807, 2.05) is 19.2 Å². The second-order valence-electron chi connectivity index (χ2n) is 3.45. The van der Waals surface area contributed by atoms with Crippen molar-refractivity contribution < 1.29 is 0 Å². The number of nitrogens with zero attached hydrogens (tertiary/aromatic N) is 3. The molecule has 2 aromatic heterocycles. The normalized spacial score (nSPS) is 10.7. The van der Waals surface area contributed by atoms with Crippen LogP contribution in [-0.4, -0.2) is 14.8 Å². The number of nitrogens with two attached hydrogens (primary N) is 1. The highest BCUT2D eigenvalue weighted by molar-refractivity contribution is 14.1. The van der Waals surface area contributed by atoms with E-state index in [0.717, 1.165) is 19.3 Å². The summed E-state index contributed by atoms with van der Waals surface area (Å²) >= 11 is 5.59. The number of hydrogen-bond acceptors (Lipinski definition) is 3. The highest BCUT2D eigenvalue weighted by atomic mass is 127. The topological polar surface area (TPSA) is 56.7 Å². The van der Waals surface area contributed by atoms with Gasteiger partial charge in [0.2, 0.25) is 0 Å². The van der Waals surface area contributed by atoms with E-state index in [2.05, 4.69) is 48.6 Å². The molecule has 0 bridgehead atoms. The third-order valence-electron chi connectivity index (χ3n) is 2.19. The van der Waals surface area contributed by atoms with Gasteiger partial charge in [-0.2, -0.15) is 5.10 Å². The fraction of sp³-hybridized carbons (Fsp3) is 0.200. The van der Waals surface area contributed by atoms with Gasteiger partial charge in [-0.25, -0.2) is 4.68 Å². The Morgan fingerprint density at radius 1 is 1.50 bits per heavy atom. The largest absolute Gasteiger partial charge is 0.383 e. The van der Waals surface area contributed by atoms with E-state index in [1.165, 1.54) is 0 Å². The number of aryl methyl sites for hydroxylation is 1. The molecular formula is C10H10BrIN4. The molecule has 0 unspecified atom stereocenters. The maximum atomic E-state index is 5.95. The number of pyridine rings is 1. The van der Waals surface area contributed by atoms with Crippen LogP contribution < -0.4 is 5.73 Å². The summed E-state index contributed by atoms with van der Waals surface area (Å²) in [5, 5.41) is 4.38. The van der Waals surface area contributed by atoms with Gasteiger partial charge in [-0.15, -0.1) is 0 Å². The summed E-state index contributed by atoms with van der Waals surface area (Å²) < 4.78 is 3.77. The van der Waals surface area contributed by atoms with Crippen LogP contribution in [0.15, 0.2) is 22.9 Å². The van der Waals surface area contributed by atoms with Crippen molar-refractivity contribution in [1.82, 2.24) is 14.8 Å². The van der Waals surface area contributed by atoms with Crippen molar-refractivity contribution in [2.24, 2.45) is 0 Å². The smallest absolute Gasteiger partial charge is 0.135 e. The third kappa shape index (κ3) is 2.37. The summed E-state index contributed by atoms with van der Waals surface area (Å²) in [6.07, 6.45) is 3.57. The maximum absolute atomic E-state index is 5.95. The van der Waals surface area contributed by atoms with Gasteiger partial charge in [0.1, 0.15) is 5.82 Å². The fourth-order valence-electron chi connectivity index (χ4n) is 1.41. The summed E-state index contributed by atoms with van der Waals surface area (Å²) in [5.41, 5.74) is 7.98. The lowest BCUT2D eigenvalue weighted by atomic mass is 10.3. The molecule has 0 spiro atoms. The molecule has 2 heterocycles. The molecule has 16 heavy (non-hydrogen) atoms. The van der Waals surface area contributed by atoms with Crippen molar-refractivity contribution in [3.8, 4) is 0 Å². The third-order valence-corrected chi connectivity index (χ3v) is 3.95. The minimum absolute atomic E-state index is 0.641. The lowest BCUT2D eigenvalue weighted by molar-refractivity contribution is 0.687.